The normalized spacial score (nSPS) is 11.2. The van der Waals surface area contributed by atoms with Gasteiger partial charge in [-0.2, -0.15) is 5.26 Å². The first kappa shape index (κ1) is 15.1. The minimum absolute atomic E-state index is 0.409. The molecule has 4 heteroatoms. The molecule has 100 valence electrons. The minimum atomic E-state index is 0.409. The minimum Gasteiger partial charge on any atom is -0.303 e. The van der Waals surface area contributed by atoms with E-state index >= 15 is 0 Å². The van der Waals surface area contributed by atoms with Crippen LogP contribution in [-0.4, -0.2) is 29.5 Å². The number of aromatic nitrogens is 1. The number of rotatable bonds is 7. The Kier molecular flexibility index (Phi) is 6.31. The molecule has 0 aromatic carbocycles. The number of thiazole rings is 1. The van der Waals surface area contributed by atoms with E-state index in [2.05, 4.69) is 38.7 Å². The van der Waals surface area contributed by atoms with Crippen LogP contribution in [0.15, 0.2) is 0 Å². The van der Waals surface area contributed by atoms with Crippen LogP contribution in [0.25, 0.3) is 0 Å². The lowest BCUT2D eigenvalue weighted by molar-refractivity contribution is 0.308. The smallest absolute Gasteiger partial charge is 0.0944 e. The molecule has 0 fully saturated rings. The highest BCUT2D eigenvalue weighted by atomic mass is 32.1. The SMILES string of the molecule is CCN(CC)CCc1nc(C(C)C)c(CC#N)s1. The summed E-state index contributed by atoms with van der Waals surface area (Å²) in [6.45, 7) is 11.9. The van der Waals surface area contributed by atoms with Crippen molar-refractivity contribution >= 4 is 11.3 Å². The molecule has 0 amide bonds. The summed E-state index contributed by atoms with van der Waals surface area (Å²) in [5.41, 5.74) is 1.12. The van der Waals surface area contributed by atoms with Gasteiger partial charge in [0.05, 0.1) is 23.2 Å². The monoisotopic (exact) mass is 265 g/mol. The van der Waals surface area contributed by atoms with Crippen molar-refractivity contribution < 1.29 is 0 Å². The van der Waals surface area contributed by atoms with Gasteiger partial charge in [0.15, 0.2) is 0 Å². The summed E-state index contributed by atoms with van der Waals surface area (Å²) in [6, 6.07) is 2.24. The Labute approximate surface area is 114 Å². The second-order valence-electron chi connectivity index (χ2n) is 4.68. The summed E-state index contributed by atoms with van der Waals surface area (Å²) >= 11 is 1.72. The van der Waals surface area contributed by atoms with Gasteiger partial charge in [0, 0.05) is 17.8 Å². The first-order valence-electron chi connectivity index (χ1n) is 6.70. The maximum atomic E-state index is 8.85. The first-order chi connectivity index (χ1) is 8.62. The highest BCUT2D eigenvalue weighted by Crippen LogP contribution is 2.25. The van der Waals surface area contributed by atoms with E-state index in [-0.39, 0.29) is 0 Å². The second-order valence-corrected chi connectivity index (χ2v) is 5.85. The number of nitriles is 1. The molecule has 0 aliphatic carbocycles. The van der Waals surface area contributed by atoms with E-state index in [1.807, 2.05) is 0 Å². The molecule has 0 N–H and O–H groups in total. The highest BCUT2D eigenvalue weighted by Gasteiger charge is 2.14. The molecule has 0 saturated heterocycles. The molecule has 3 nitrogen and oxygen atoms in total. The summed E-state index contributed by atoms with van der Waals surface area (Å²) in [6.07, 6.45) is 1.49. The molecule has 0 bridgehead atoms. The molecular weight excluding hydrogens is 242 g/mol. The lowest BCUT2D eigenvalue weighted by atomic mass is 10.1. The van der Waals surface area contributed by atoms with E-state index in [0.717, 1.165) is 36.6 Å². The van der Waals surface area contributed by atoms with Gasteiger partial charge in [-0.3, -0.25) is 0 Å². The van der Waals surface area contributed by atoms with E-state index in [0.29, 0.717) is 12.3 Å². The maximum Gasteiger partial charge on any atom is 0.0944 e. The topological polar surface area (TPSA) is 39.9 Å². The van der Waals surface area contributed by atoms with E-state index in [1.54, 1.807) is 11.3 Å². The molecule has 1 aromatic heterocycles. The zero-order chi connectivity index (χ0) is 13.5. The Bertz CT molecular complexity index is 400. The third-order valence-electron chi connectivity index (χ3n) is 3.09. The summed E-state index contributed by atoms with van der Waals surface area (Å²) in [5, 5.41) is 10.0. The summed E-state index contributed by atoms with van der Waals surface area (Å²) < 4.78 is 0. The van der Waals surface area contributed by atoms with Crippen molar-refractivity contribution in [3.05, 3.63) is 15.6 Å². The van der Waals surface area contributed by atoms with Crippen LogP contribution in [0.3, 0.4) is 0 Å². The summed E-state index contributed by atoms with van der Waals surface area (Å²) in [5.74, 6) is 0.409. The van der Waals surface area contributed by atoms with Crippen LogP contribution in [-0.2, 0) is 12.8 Å². The third-order valence-corrected chi connectivity index (χ3v) is 4.23. The predicted molar refractivity (Wildman–Crippen MR) is 77.0 cm³/mol. The molecule has 0 spiro atoms. The standard InChI is InChI=1S/C14H23N3S/c1-5-17(6-2)10-8-13-16-14(11(3)4)12(18-13)7-9-15/h11H,5-8,10H2,1-4H3. The Balaban J connectivity index is 2.72. The van der Waals surface area contributed by atoms with Crippen molar-refractivity contribution in [2.75, 3.05) is 19.6 Å². The molecule has 1 heterocycles. The van der Waals surface area contributed by atoms with Crippen LogP contribution < -0.4 is 0 Å². The van der Waals surface area contributed by atoms with Crippen LogP contribution in [0.4, 0.5) is 0 Å². The number of hydrogen-bond donors (Lipinski definition) is 0. The lowest BCUT2D eigenvalue weighted by Gasteiger charge is -2.16. The zero-order valence-corrected chi connectivity index (χ0v) is 12.7. The van der Waals surface area contributed by atoms with Gasteiger partial charge in [-0.05, 0) is 19.0 Å². The Hall–Kier alpha value is -0.920. The van der Waals surface area contributed by atoms with E-state index in [4.69, 9.17) is 10.2 Å². The molecule has 0 aliphatic heterocycles. The van der Waals surface area contributed by atoms with Gasteiger partial charge in [0.25, 0.3) is 0 Å². The van der Waals surface area contributed by atoms with Crippen molar-refractivity contribution in [1.29, 1.82) is 5.26 Å². The quantitative estimate of drug-likeness (QED) is 0.760. The first-order valence-corrected chi connectivity index (χ1v) is 7.51. The van der Waals surface area contributed by atoms with Gasteiger partial charge in [-0.15, -0.1) is 11.3 Å². The predicted octanol–water partition coefficient (Wildman–Crippen LogP) is 3.22. The van der Waals surface area contributed by atoms with Crippen molar-refractivity contribution in [3.8, 4) is 6.07 Å². The molecule has 0 saturated carbocycles. The van der Waals surface area contributed by atoms with Gasteiger partial charge < -0.3 is 4.90 Å². The number of nitrogens with zero attached hydrogens (tertiary/aromatic N) is 3. The Morgan fingerprint density at radius 1 is 1.33 bits per heavy atom. The molecular formula is C14H23N3S. The molecule has 0 unspecified atom stereocenters. The summed E-state index contributed by atoms with van der Waals surface area (Å²) in [7, 11) is 0. The van der Waals surface area contributed by atoms with Crippen LogP contribution >= 0.6 is 11.3 Å². The molecule has 0 atom stereocenters. The number of likely N-dealkylation sites (N-methyl/N-ethyl adjacent to an activating group) is 1. The van der Waals surface area contributed by atoms with Gasteiger partial charge in [0.1, 0.15) is 0 Å². The molecule has 1 aromatic rings. The molecule has 0 aliphatic rings. The lowest BCUT2D eigenvalue weighted by Crippen LogP contribution is -2.25. The van der Waals surface area contributed by atoms with E-state index in [9.17, 15) is 0 Å². The molecule has 1 rings (SSSR count). The van der Waals surface area contributed by atoms with Crippen molar-refractivity contribution in [1.82, 2.24) is 9.88 Å². The third kappa shape index (κ3) is 4.08. The van der Waals surface area contributed by atoms with Crippen LogP contribution in [0.5, 0.6) is 0 Å². The van der Waals surface area contributed by atoms with Crippen molar-refractivity contribution in [3.63, 3.8) is 0 Å². The average Bonchev–Trinajstić information content (AvgIpc) is 2.74. The summed E-state index contributed by atoms with van der Waals surface area (Å²) in [4.78, 5) is 8.27. The fourth-order valence-corrected chi connectivity index (χ4v) is 3.11. The van der Waals surface area contributed by atoms with Crippen LogP contribution in [0, 0.1) is 11.3 Å². The van der Waals surface area contributed by atoms with Gasteiger partial charge in [-0.25, -0.2) is 4.98 Å². The average molecular weight is 265 g/mol. The largest absolute Gasteiger partial charge is 0.303 e. The van der Waals surface area contributed by atoms with Crippen LogP contribution in [0.2, 0.25) is 0 Å². The van der Waals surface area contributed by atoms with E-state index < -0.39 is 0 Å². The number of hydrogen-bond acceptors (Lipinski definition) is 4. The second kappa shape index (κ2) is 7.50. The van der Waals surface area contributed by atoms with Crippen LogP contribution in [0.1, 0.15) is 49.2 Å². The van der Waals surface area contributed by atoms with E-state index in [1.165, 1.54) is 5.01 Å². The van der Waals surface area contributed by atoms with Gasteiger partial charge in [0.2, 0.25) is 0 Å². The maximum absolute atomic E-state index is 8.85. The Morgan fingerprint density at radius 2 is 2.00 bits per heavy atom. The van der Waals surface area contributed by atoms with Crippen molar-refractivity contribution in [2.24, 2.45) is 0 Å². The Morgan fingerprint density at radius 3 is 2.50 bits per heavy atom. The zero-order valence-electron chi connectivity index (χ0n) is 11.9. The van der Waals surface area contributed by atoms with Crippen molar-refractivity contribution in [2.45, 2.75) is 46.5 Å². The van der Waals surface area contributed by atoms with Gasteiger partial charge >= 0.3 is 0 Å². The molecule has 0 radical (unpaired) electrons. The molecule has 18 heavy (non-hydrogen) atoms. The fraction of sp³-hybridized carbons (Fsp3) is 0.714. The fourth-order valence-electron chi connectivity index (χ4n) is 1.96. The highest BCUT2D eigenvalue weighted by molar-refractivity contribution is 7.11. The van der Waals surface area contributed by atoms with Gasteiger partial charge in [-0.1, -0.05) is 27.7 Å².